The molecule has 0 radical (unpaired) electrons. The Balaban J connectivity index is 3.07. The number of H-pyrrole nitrogens is 2. The lowest BCUT2D eigenvalue weighted by Crippen LogP contribution is -2.12. The maximum Gasteiger partial charge on any atom is 0.356 e. The summed E-state index contributed by atoms with van der Waals surface area (Å²) in [5.74, 6) is -0.623. The van der Waals surface area contributed by atoms with Gasteiger partial charge in [0.2, 0.25) is 0 Å². The lowest BCUT2D eigenvalue weighted by atomic mass is 10.2. The number of esters is 1. The van der Waals surface area contributed by atoms with Crippen LogP contribution < -0.4 is 5.56 Å². The second-order valence-corrected chi connectivity index (χ2v) is 2.40. The first-order chi connectivity index (χ1) is 6.20. The largest absolute Gasteiger partial charge is 0.464 e. The van der Waals surface area contributed by atoms with Crippen molar-refractivity contribution < 1.29 is 14.6 Å². The summed E-state index contributed by atoms with van der Waals surface area (Å²) in [5, 5.41) is 13.3. The van der Waals surface area contributed by atoms with Crippen molar-refractivity contribution in [3.63, 3.8) is 0 Å². The van der Waals surface area contributed by atoms with Crippen LogP contribution in [0, 0.1) is 0 Å². The van der Waals surface area contributed by atoms with Crippen LogP contribution in [0.4, 0.5) is 0 Å². The van der Waals surface area contributed by atoms with Crippen LogP contribution in [0.3, 0.4) is 0 Å². The van der Waals surface area contributed by atoms with Crippen LogP contribution in [0.2, 0.25) is 0 Å². The molecular weight excluding hydrogens is 176 g/mol. The first-order valence-corrected chi connectivity index (χ1v) is 3.69. The monoisotopic (exact) mass is 186 g/mol. The van der Waals surface area contributed by atoms with E-state index >= 15 is 0 Å². The number of aliphatic hydroxyl groups excluding tert-OH is 1. The van der Waals surface area contributed by atoms with Gasteiger partial charge in [0.1, 0.15) is 5.69 Å². The Morgan fingerprint density at radius 3 is 2.77 bits per heavy atom. The van der Waals surface area contributed by atoms with Gasteiger partial charge in [0.05, 0.1) is 12.7 Å². The highest BCUT2D eigenvalue weighted by molar-refractivity contribution is 5.88. The zero-order valence-corrected chi connectivity index (χ0v) is 7.09. The Kier molecular flexibility index (Phi) is 2.86. The molecule has 0 aliphatic carbocycles. The van der Waals surface area contributed by atoms with Crippen molar-refractivity contribution in [2.45, 2.75) is 6.42 Å². The smallest absolute Gasteiger partial charge is 0.356 e. The molecule has 0 fully saturated rings. The van der Waals surface area contributed by atoms with Crippen molar-refractivity contribution >= 4 is 5.97 Å². The zero-order valence-electron chi connectivity index (χ0n) is 7.09. The lowest BCUT2D eigenvalue weighted by Gasteiger charge is -1.97. The van der Waals surface area contributed by atoms with E-state index in [0.717, 1.165) is 0 Å². The van der Waals surface area contributed by atoms with Crippen molar-refractivity contribution in [3.05, 3.63) is 21.6 Å². The molecule has 1 heterocycles. The number of aliphatic hydroxyl groups is 1. The molecule has 0 aliphatic rings. The molecular formula is C7H10N2O4. The van der Waals surface area contributed by atoms with Crippen molar-refractivity contribution in [3.8, 4) is 0 Å². The zero-order chi connectivity index (χ0) is 9.84. The topological polar surface area (TPSA) is 95.2 Å². The van der Waals surface area contributed by atoms with E-state index in [4.69, 9.17) is 5.11 Å². The number of hydrogen-bond donors (Lipinski definition) is 3. The maximum absolute atomic E-state index is 11.0. The van der Waals surface area contributed by atoms with Gasteiger partial charge in [0.25, 0.3) is 5.56 Å². The van der Waals surface area contributed by atoms with Gasteiger partial charge in [-0.05, 0) is 0 Å². The first-order valence-electron chi connectivity index (χ1n) is 3.69. The molecule has 1 aromatic heterocycles. The van der Waals surface area contributed by atoms with E-state index in [1.54, 1.807) is 0 Å². The van der Waals surface area contributed by atoms with Crippen molar-refractivity contribution in [1.29, 1.82) is 0 Å². The number of ether oxygens (including phenoxy) is 1. The van der Waals surface area contributed by atoms with Crippen LogP contribution in [0.5, 0.6) is 0 Å². The molecule has 0 saturated carbocycles. The highest BCUT2D eigenvalue weighted by Gasteiger charge is 2.16. The van der Waals surface area contributed by atoms with Gasteiger partial charge in [-0.25, -0.2) is 4.79 Å². The molecule has 1 aromatic rings. The number of carbonyl (C=O) groups is 1. The molecule has 6 nitrogen and oxygen atoms in total. The summed E-state index contributed by atoms with van der Waals surface area (Å²) in [4.78, 5) is 22.1. The molecule has 0 bridgehead atoms. The molecule has 13 heavy (non-hydrogen) atoms. The third-order valence-electron chi connectivity index (χ3n) is 1.63. The van der Waals surface area contributed by atoms with Gasteiger partial charge in [-0.1, -0.05) is 0 Å². The van der Waals surface area contributed by atoms with Crippen LogP contribution in [-0.4, -0.2) is 35.0 Å². The van der Waals surface area contributed by atoms with Crippen LogP contribution >= 0.6 is 0 Å². The average molecular weight is 186 g/mol. The summed E-state index contributed by atoms with van der Waals surface area (Å²) in [6.07, 6.45) is 0.128. The minimum Gasteiger partial charge on any atom is -0.464 e. The van der Waals surface area contributed by atoms with Gasteiger partial charge < -0.3 is 9.84 Å². The fourth-order valence-corrected chi connectivity index (χ4v) is 1.01. The molecule has 3 N–H and O–H groups in total. The summed E-state index contributed by atoms with van der Waals surface area (Å²) < 4.78 is 4.43. The fraction of sp³-hybridized carbons (Fsp3) is 0.429. The fourth-order valence-electron chi connectivity index (χ4n) is 1.01. The summed E-state index contributed by atoms with van der Waals surface area (Å²) in [6.45, 7) is -0.190. The van der Waals surface area contributed by atoms with Crippen molar-refractivity contribution in [2.24, 2.45) is 0 Å². The Bertz CT molecular complexity index is 352. The van der Waals surface area contributed by atoms with E-state index in [1.165, 1.54) is 7.11 Å². The number of carbonyl (C=O) groups excluding carboxylic acids is 1. The quantitative estimate of drug-likeness (QED) is 0.529. The van der Waals surface area contributed by atoms with E-state index in [-0.39, 0.29) is 24.3 Å². The van der Waals surface area contributed by atoms with E-state index in [1.807, 2.05) is 0 Å². The second kappa shape index (κ2) is 3.90. The SMILES string of the molecule is COC(=O)c1[nH][nH]c(=O)c1CCO. The number of rotatable bonds is 3. The number of aromatic amines is 2. The van der Waals surface area contributed by atoms with E-state index < -0.39 is 11.5 Å². The van der Waals surface area contributed by atoms with Gasteiger partial charge in [0.15, 0.2) is 0 Å². The van der Waals surface area contributed by atoms with Crippen LogP contribution in [0.25, 0.3) is 0 Å². The highest BCUT2D eigenvalue weighted by atomic mass is 16.5. The number of methoxy groups -OCH3 is 1. The van der Waals surface area contributed by atoms with Crippen LogP contribution in [-0.2, 0) is 11.2 Å². The Labute approximate surface area is 73.5 Å². The summed E-state index contributed by atoms with van der Waals surface area (Å²) in [5.41, 5.74) is -0.120. The average Bonchev–Trinajstić information content (AvgIpc) is 2.48. The lowest BCUT2D eigenvalue weighted by molar-refractivity contribution is 0.0592. The van der Waals surface area contributed by atoms with Crippen molar-refractivity contribution in [2.75, 3.05) is 13.7 Å². The number of nitrogens with one attached hydrogen (secondary N) is 2. The Morgan fingerprint density at radius 1 is 1.54 bits per heavy atom. The Morgan fingerprint density at radius 2 is 2.23 bits per heavy atom. The molecule has 0 amide bonds. The molecule has 6 heteroatoms. The van der Waals surface area contributed by atoms with Crippen LogP contribution in [0.15, 0.2) is 4.79 Å². The molecule has 72 valence electrons. The van der Waals surface area contributed by atoms with Crippen molar-refractivity contribution in [1.82, 2.24) is 10.2 Å². The minimum atomic E-state index is -0.623. The van der Waals surface area contributed by atoms with Gasteiger partial charge in [-0.2, -0.15) is 0 Å². The highest BCUT2D eigenvalue weighted by Crippen LogP contribution is 2.01. The molecule has 0 atom stereocenters. The standard InChI is InChI=1S/C7H10N2O4/c1-13-7(12)5-4(2-3-10)6(11)9-8-5/h10H,2-3H2,1H3,(H2,8,9,11). The van der Waals surface area contributed by atoms with E-state index in [2.05, 4.69) is 14.9 Å². The second-order valence-electron chi connectivity index (χ2n) is 2.40. The molecule has 0 aromatic carbocycles. The number of hydrogen-bond acceptors (Lipinski definition) is 4. The van der Waals surface area contributed by atoms with Gasteiger partial charge in [0, 0.05) is 13.0 Å². The molecule has 0 aliphatic heterocycles. The first kappa shape index (κ1) is 9.53. The normalized spacial score (nSPS) is 10.0. The Hall–Kier alpha value is -1.56. The van der Waals surface area contributed by atoms with Gasteiger partial charge >= 0.3 is 5.97 Å². The third-order valence-corrected chi connectivity index (χ3v) is 1.63. The number of aromatic nitrogens is 2. The van der Waals surface area contributed by atoms with Gasteiger partial charge in [-0.3, -0.25) is 15.0 Å². The van der Waals surface area contributed by atoms with Gasteiger partial charge in [-0.15, -0.1) is 0 Å². The predicted octanol–water partition coefficient (Wildman–Crippen LogP) is -0.976. The summed E-state index contributed by atoms with van der Waals surface area (Å²) in [7, 11) is 1.22. The minimum absolute atomic E-state index is 0.0709. The predicted molar refractivity (Wildman–Crippen MR) is 43.5 cm³/mol. The molecule has 0 spiro atoms. The summed E-state index contributed by atoms with van der Waals surface area (Å²) >= 11 is 0. The van der Waals surface area contributed by atoms with E-state index in [9.17, 15) is 9.59 Å². The molecule has 0 saturated heterocycles. The van der Waals surface area contributed by atoms with Crippen LogP contribution in [0.1, 0.15) is 16.1 Å². The maximum atomic E-state index is 11.0. The molecule has 0 unspecified atom stereocenters. The molecule has 1 rings (SSSR count). The third kappa shape index (κ3) is 1.78. The summed E-state index contributed by atoms with van der Waals surface area (Å²) in [6, 6.07) is 0. The van der Waals surface area contributed by atoms with E-state index in [0.29, 0.717) is 0 Å².